The summed E-state index contributed by atoms with van der Waals surface area (Å²) in [5.41, 5.74) is 6.65. The second kappa shape index (κ2) is 7.52. The first kappa shape index (κ1) is 19.6. The van der Waals surface area contributed by atoms with Gasteiger partial charge in [0, 0.05) is 30.0 Å². The Morgan fingerprint density at radius 2 is 1.64 bits per heavy atom. The number of rotatable bonds is 2. The molecule has 0 atom stereocenters. The molecule has 0 spiro atoms. The van der Waals surface area contributed by atoms with Crippen LogP contribution in [0.2, 0.25) is 0 Å². The van der Waals surface area contributed by atoms with E-state index in [0.29, 0.717) is 29.9 Å². The van der Waals surface area contributed by atoms with Crippen LogP contribution in [0, 0.1) is 6.92 Å². The van der Waals surface area contributed by atoms with Crippen LogP contribution in [0.5, 0.6) is 5.75 Å². The summed E-state index contributed by atoms with van der Waals surface area (Å²) >= 11 is 0. The fourth-order valence-electron chi connectivity index (χ4n) is 4.92. The van der Waals surface area contributed by atoms with Gasteiger partial charge in [-0.25, -0.2) is 0 Å². The summed E-state index contributed by atoms with van der Waals surface area (Å²) in [5, 5.41) is 6.06. The summed E-state index contributed by atoms with van der Waals surface area (Å²) in [6, 6.07) is 24.6. The van der Waals surface area contributed by atoms with E-state index in [0.717, 1.165) is 27.8 Å². The number of nitrogens with one attached hydrogen (secondary N) is 1. The van der Waals surface area contributed by atoms with E-state index < -0.39 is 0 Å². The highest BCUT2D eigenvalue weighted by atomic mass is 16.5. The summed E-state index contributed by atoms with van der Waals surface area (Å²) in [6.45, 7) is 2.52. The summed E-state index contributed by atoms with van der Waals surface area (Å²) in [7, 11) is 1.65. The Hall–Kier alpha value is -4.05. The van der Waals surface area contributed by atoms with Crippen molar-refractivity contribution in [3.05, 3.63) is 101 Å². The van der Waals surface area contributed by atoms with Gasteiger partial charge in [-0.05, 0) is 41.0 Å². The van der Waals surface area contributed by atoms with Gasteiger partial charge in [0.15, 0.2) is 0 Å². The molecule has 0 radical (unpaired) electrons. The molecule has 0 bridgehead atoms. The summed E-state index contributed by atoms with van der Waals surface area (Å²) < 4.78 is 12.6. The summed E-state index contributed by atoms with van der Waals surface area (Å²) in [6.07, 6.45) is 0.651. The van der Waals surface area contributed by atoms with Gasteiger partial charge in [-0.3, -0.25) is 4.79 Å². The van der Waals surface area contributed by atoms with Crippen LogP contribution >= 0.6 is 0 Å². The van der Waals surface area contributed by atoms with Crippen LogP contribution in [0.15, 0.2) is 77.2 Å². The van der Waals surface area contributed by atoms with Crippen molar-refractivity contribution in [1.29, 1.82) is 0 Å². The second-order valence-electron chi connectivity index (χ2n) is 8.56. The Kier molecular flexibility index (Phi) is 4.47. The third-order valence-electron chi connectivity index (χ3n) is 6.52. The minimum absolute atomic E-state index is 0.168. The number of fused-ring (bicyclic) bond motifs is 3. The Labute approximate surface area is 191 Å². The molecule has 0 unspecified atom stereocenters. The number of hydrogen-bond donors (Lipinski definition) is 1. The third-order valence-corrected chi connectivity index (χ3v) is 6.52. The van der Waals surface area contributed by atoms with Crippen molar-refractivity contribution in [3.8, 4) is 17.1 Å². The molecule has 1 aliphatic rings. The quantitative estimate of drug-likeness (QED) is 0.350. The monoisotopic (exact) mass is 433 g/mol. The molecule has 0 fully saturated rings. The van der Waals surface area contributed by atoms with Crippen molar-refractivity contribution in [1.82, 2.24) is 5.32 Å². The standard InChI is InChI=1S/C29H23NO3/c1-17-9-11-19(12-10-17)28-27(29(31)30-2)26-22-15-20-7-3-5-18-6-4-8-21(25(18)20)16-32-23(22)13-14-24(26)33-28/h3-14H,15-16H2,1-2H3,(H,30,31). The lowest BCUT2D eigenvalue weighted by Gasteiger charge is -2.20. The molecule has 1 N–H and O–H groups in total. The predicted octanol–water partition coefficient (Wildman–Crippen LogP) is 6.40. The van der Waals surface area contributed by atoms with E-state index >= 15 is 0 Å². The highest BCUT2D eigenvalue weighted by Gasteiger charge is 2.27. The smallest absolute Gasteiger partial charge is 0.255 e. The molecule has 5 aromatic rings. The number of carbonyl (C=O) groups is 1. The number of amides is 1. The normalized spacial score (nSPS) is 12.7. The highest BCUT2D eigenvalue weighted by Crippen LogP contribution is 2.42. The minimum Gasteiger partial charge on any atom is -0.489 e. The van der Waals surface area contributed by atoms with Gasteiger partial charge < -0.3 is 14.5 Å². The van der Waals surface area contributed by atoms with Crippen molar-refractivity contribution in [3.63, 3.8) is 0 Å². The van der Waals surface area contributed by atoms with Gasteiger partial charge in [0.25, 0.3) is 5.91 Å². The Morgan fingerprint density at radius 1 is 0.879 bits per heavy atom. The van der Waals surface area contributed by atoms with Crippen LogP contribution < -0.4 is 10.1 Å². The van der Waals surface area contributed by atoms with Crippen molar-refractivity contribution in [2.24, 2.45) is 0 Å². The van der Waals surface area contributed by atoms with Crippen LogP contribution in [0.25, 0.3) is 33.1 Å². The number of benzene rings is 4. The van der Waals surface area contributed by atoms with Crippen LogP contribution in [0.4, 0.5) is 0 Å². The molecule has 4 heteroatoms. The lowest BCUT2D eigenvalue weighted by atomic mass is 9.91. The first-order valence-corrected chi connectivity index (χ1v) is 11.1. The molecule has 2 heterocycles. The largest absolute Gasteiger partial charge is 0.489 e. The van der Waals surface area contributed by atoms with Gasteiger partial charge in [-0.15, -0.1) is 0 Å². The zero-order chi connectivity index (χ0) is 22.5. The summed E-state index contributed by atoms with van der Waals surface area (Å²) in [4.78, 5) is 13.2. The highest BCUT2D eigenvalue weighted by molar-refractivity contribution is 6.12. The van der Waals surface area contributed by atoms with Gasteiger partial charge in [-0.1, -0.05) is 66.2 Å². The molecule has 1 amide bonds. The predicted molar refractivity (Wildman–Crippen MR) is 131 cm³/mol. The van der Waals surface area contributed by atoms with Gasteiger partial charge in [0.2, 0.25) is 0 Å². The number of hydrogen-bond acceptors (Lipinski definition) is 3. The van der Waals surface area contributed by atoms with Crippen molar-refractivity contribution < 1.29 is 13.9 Å². The van der Waals surface area contributed by atoms with Gasteiger partial charge in [0.1, 0.15) is 23.7 Å². The fourth-order valence-corrected chi connectivity index (χ4v) is 4.92. The molecular formula is C29H23NO3. The van der Waals surface area contributed by atoms with Crippen LogP contribution in [0.1, 0.15) is 32.6 Å². The maximum atomic E-state index is 13.2. The molecule has 33 heavy (non-hydrogen) atoms. The molecular weight excluding hydrogens is 410 g/mol. The molecule has 0 saturated heterocycles. The first-order valence-electron chi connectivity index (χ1n) is 11.1. The maximum absolute atomic E-state index is 13.2. The molecule has 1 aliphatic heterocycles. The lowest BCUT2D eigenvalue weighted by molar-refractivity contribution is 0.0964. The lowest BCUT2D eigenvalue weighted by Crippen LogP contribution is -2.18. The van der Waals surface area contributed by atoms with E-state index in [2.05, 4.69) is 41.7 Å². The van der Waals surface area contributed by atoms with Gasteiger partial charge >= 0.3 is 0 Å². The van der Waals surface area contributed by atoms with Gasteiger partial charge in [0.05, 0.1) is 5.56 Å². The zero-order valence-corrected chi connectivity index (χ0v) is 18.6. The van der Waals surface area contributed by atoms with Crippen LogP contribution in [-0.2, 0) is 13.0 Å². The topological polar surface area (TPSA) is 51.5 Å². The molecule has 0 saturated carbocycles. The molecule has 4 aromatic carbocycles. The van der Waals surface area contributed by atoms with E-state index in [1.54, 1.807) is 7.05 Å². The SMILES string of the molecule is CNC(=O)c1c(-c2ccc(C)cc2)oc2ccc3c(c12)Cc1cccc2cccc(c12)CO3. The van der Waals surface area contributed by atoms with Crippen molar-refractivity contribution in [2.45, 2.75) is 20.0 Å². The number of aryl methyl sites for hydroxylation is 1. The van der Waals surface area contributed by atoms with Crippen molar-refractivity contribution >= 4 is 27.6 Å². The number of carbonyl (C=O) groups excluding carboxylic acids is 1. The Balaban J connectivity index is 1.65. The van der Waals surface area contributed by atoms with E-state index in [4.69, 9.17) is 9.15 Å². The van der Waals surface area contributed by atoms with E-state index in [1.807, 2.05) is 43.3 Å². The van der Waals surface area contributed by atoms with Crippen molar-refractivity contribution in [2.75, 3.05) is 7.05 Å². The maximum Gasteiger partial charge on any atom is 0.255 e. The molecule has 162 valence electrons. The van der Waals surface area contributed by atoms with Gasteiger partial charge in [-0.2, -0.15) is 0 Å². The Bertz CT molecular complexity index is 1540. The number of ether oxygens (including phenoxy) is 1. The molecule has 4 nitrogen and oxygen atoms in total. The average molecular weight is 434 g/mol. The second-order valence-corrected chi connectivity index (χ2v) is 8.56. The molecule has 6 rings (SSSR count). The molecule has 1 aromatic heterocycles. The van der Waals surface area contributed by atoms with E-state index in [9.17, 15) is 4.79 Å². The number of furan rings is 1. The fraction of sp³-hybridized carbons (Fsp3) is 0.138. The third kappa shape index (κ3) is 3.10. The minimum atomic E-state index is -0.168. The average Bonchev–Trinajstić information content (AvgIpc) is 3.22. The Morgan fingerprint density at radius 3 is 2.39 bits per heavy atom. The van der Waals surface area contributed by atoms with Crippen LogP contribution in [-0.4, -0.2) is 13.0 Å². The van der Waals surface area contributed by atoms with Crippen LogP contribution in [0.3, 0.4) is 0 Å². The zero-order valence-electron chi connectivity index (χ0n) is 18.6. The molecule has 0 aliphatic carbocycles. The summed E-state index contributed by atoms with van der Waals surface area (Å²) in [5.74, 6) is 1.20. The van der Waals surface area contributed by atoms with E-state index in [1.165, 1.54) is 21.9 Å². The van der Waals surface area contributed by atoms with E-state index in [-0.39, 0.29) is 5.91 Å². The first-order chi connectivity index (χ1) is 16.1.